The van der Waals surface area contributed by atoms with Gasteiger partial charge in [0.15, 0.2) is 0 Å². The number of nitrogens with zero attached hydrogens (tertiary/aromatic N) is 1. The van der Waals surface area contributed by atoms with Gasteiger partial charge < -0.3 is 9.64 Å². The summed E-state index contributed by atoms with van der Waals surface area (Å²) in [6, 6.07) is 0. The third-order valence-corrected chi connectivity index (χ3v) is 2.69. The number of carbonyl (C=O) groups excluding carboxylic acids is 1. The lowest BCUT2D eigenvalue weighted by Crippen LogP contribution is -2.26. The SMILES string of the molecule is CN(C)C(=S)OCC1CCCC1=O. The minimum Gasteiger partial charge on any atom is -0.470 e. The van der Waals surface area contributed by atoms with Crippen LogP contribution in [0.2, 0.25) is 0 Å². The van der Waals surface area contributed by atoms with Crippen LogP contribution in [-0.2, 0) is 9.53 Å². The summed E-state index contributed by atoms with van der Waals surface area (Å²) in [5.74, 6) is 0.402. The van der Waals surface area contributed by atoms with E-state index in [-0.39, 0.29) is 5.92 Å². The van der Waals surface area contributed by atoms with Gasteiger partial charge in [0.25, 0.3) is 5.17 Å². The van der Waals surface area contributed by atoms with Crippen molar-refractivity contribution in [1.82, 2.24) is 4.90 Å². The molecule has 1 aliphatic rings. The minimum atomic E-state index is 0.0814. The third kappa shape index (κ3) is 2.95. The van der Waals surface area contributed by atoms with E-state index >= 15 is 0 Å². The molecule has 0 aromatic heterocycles. The maximum absolute atomic E-state index is 11.2. The van der Waals surface area contributed by atoms with E-state index in [1.807, 2.05) is 14.1 Å². The molecule has 0 aromatic carbocycles. The fourth-order valence-corrected chi connectivity index (χ4v) is 1.43. The Morgan fingerprint density at radius 3 is 2.85 bits per heavy atom. The van der Waals surface area contributed by atoms with E-state index in [2.05, 4.69) is 0 Å². The van der Waals surface area contributed by atoms with Gasteiger partial charge in [-0.3, -0.25) is 4.79 Å². The van der Waals surface area contributed by atoms with E-state index in [9.17, 15) is 4.79 Å². The third-order valence-electron chi connectivity index (χ3n) is 2.20. The molecule has 0 spiro atoms. The molecule has 1 aliphatic carbocycles. The zero-order chi connectivity index (χ0) is 9.84. The maximum Gasteiger partial charge on any atom is 0.258 e. The van der Waals surface area contributed by atoms with Gasteiger partial charge in [-0.15, -0.1) is 0 Å². The van der Waals surface area contributed by atoms with Crippen molar-refractivity contribution in [3.8, 4) is 0 Å². The average molecular weight is 201 g/mol. The topological polar surface area (TPSA) is 29.5 Å². The van der Waals surface area contributed by atoms with E-state index in [4.69, 9.17) is 17.0 Å². The number of thiocarbonyl (C=S) groups is 1. The summed E-state index contributed by atoms with van der Waals surface area (Å²) in [6.45, 7) is 0.454. The van der Waals surface area contributed by atoms with Gasteiger partial charge in [0.05, 0.1) is 5.92 Å². The molecule has 0 N–H and O–H groups in total. The van der Waals surface area contributed by atoms with Gasteiger partial charge in [-0.1, -0.05) is 0 Å². The van der Waals surface area contributed by atoms with Crippen molar-refractivity contribution in [3.63, 3.8) is 0 Å². The lowest BCUT2D eigenvalue weighted by Gasteiger charge is -2.16. The number of ether oxygens (including phenoxy) is 1. The second-order valence-corrected chi connectivity index (χ2v) is 3.88. The second kappa shape index (κ2) is 4.56. The Morgan fingerprint density at radius 2 is 2.38 bits per heavy atom. The largest absolute Gasteiger partial charge is 0.470 e. The number of ketones is 1. The molecule has 3 nitrogen and oxygen atoms in total. The lowest BCUT2D eigenvalue weighted by molar-refractivity contribution is -0.121. The lowest BCUT2D eigenvalue weighted by atomic mass is 10.1. The van der Waals surface area contributed by atoms with Crippen molar-refractivity contribution in [2.45, 2.75) is 19.3 Å². The summed E-state index contributed by atoms with van der Waals surface area (Å²) < 4.78 is 5.29. The normalized spacial score (nSPS) is 21.7. The number of hydrogen-bond donors (Lipinski definition) is 0. The van der Waals surface area contributed by atoms with Gasteiger partial charge in [-0.05, 0) is 25.1 Å². The van der Waals surface area contributed by atoms with Crippen LogP contribution in [0, 0.1) is 5.92 Å². The highest BCUT2D eigenvalue weighted by Crippen LogP contribution is 2.21. The van der Waals surface area contributed by atoms with Gasteiger partial charge >= 0.3 is 0 Å². The van der Waals surface area contributed by atoms with Crippen LogP contribution in [0.25, 0.3) is 0 Å². The van der Waals surface area contributed by atoms with E-state index in [0.29, 0.717) is 24.0 Å². The fraction of sp³-hybridized carbons (Fsp3) is 0.778. The molecular formula is C9H15NO2S. The molecule has 0 heterocycles. The quantitative estimate of drug-likeness (QED) is 0.628. The molecule has 0 amide bonds. The molecule has 1 rings (SSSR count). The van der Waals surface area contributed by atoms with Crippen LogP contribution in [-0.4, -0.2) is 36.6 Å². The van der Waals surface area contributed by atoms with Crippen LogP contribution in [0.4, 0.5) is 0 Å². The molecule has 1 saturated carbocycles. The van der Waals surface area contributed by atoms with Crippen molar-refractivity contribution in [3.05, 3.63) is 0 Å². The Balaban J connectivity index is 2.26. The van der Waals surface area contributed by atoms with Crippen LogP contribution in [0.3, 0.4) is 0 Å². The van der Waals surface area contributed by atoms with Crippen molar-refractivity contribution in [1.29, 1.82) is 0 Å². The highest BCUT2D eigenvalue weighted by atomic mass is 32.1. The second-order valence-electron chi connectivity index (χ2n) is 3.53. The van der Waals surface area contributed by atoms with Crippen molar-refractivity contribution < 1.29 is 9.53 Å². The molecule has 74 valence electrons. The van der Waals surface area contributed by atoms with E-state index in [0.717, 1.165) is 12.8 Å². The first-order valence-corrected chi connectivity index (χ1v) is 4.89. The highest BCUT2D eigenvalue weighted by Gasteiger charge is 2.25. The smallest absolute Gasteiger partial charge is 0.258 e. The van der Waals surface area contributed by atoms with Crippen molar-refractivity contribution >= 4 is 23.2 Å². The van der Waals surface area contributed by atoms with Crippen LogP contribution in [0.15, 0.2) is 0 Å². The Kier molecular flexibility index (Phi) is 3.66. The van der Waals surface area contributed by atoms with Gasteiger partial charge in [0.1, 0.15) is 12.4 Å². The number of carbonyl (C=O) groups is 1. The summed E-state index contributed by atoms with van der Waals surface area (Å²) in [6.07, 6.45) is 2.67. The first-order chi connectivity index (χ1) is 6.11. The maximum atomic E-state index is 11.2. The van der Waals surface area contributed by atoms with Crippen molar-refractivity contribution in [2.24, 2.45) is 5.92 Å². The summed E-state index contributed by atoms with van der Waals surface area (Å²) >= 11 is 4.94. The molecule has 4 heteroatoms. The van der Waals surface area contributed by atoms with Crippen LogP contribution < -0.4 is 0 Å². The van der Waals surface area contributed by atoms with Gasteiger partial charge in [0.2, 0.25) is 0 Å². The molecule has 1 atom stereocenters. The van der Waals surface area contributed by atoms with Crippen LogP contribution in [0.5, 0.6) is 0 Å². The number of rotatable bonds is 2. The molecular weight excluding hydrogens is 186 g/mol. The van der Waals surface area contributed by atoms with Crippen LogP contribution in [0.1, 0.15) is 19.3 Å². The first-order valence-electron chi connectivity index (χ1n) is 4.48. The van der Waals surface area contributed by atoms with Gasteiger partial charge in [-0.2, -0.15) is 0 Å². The summed E-state index contributed by atoms with van der Waals surface area (Å²) in [4.78, 5) is 13.0. The molecule has 1 fully saturated rings. The summed E-state index contributed by atoms with van der Waals surface area (Å²) in [5, 5.41) is 0.458. The Labute approximate surface area is 84.0 Å². The van der Waals surface area contributed by atoms with Gasteiger partial charge in [-0.25, -0.2) is 0 Å². The Morgan fingerprint density at radius 1 is 1.69 bits per heavy atom. The zero-order valence-corrected chi connectivity index (χ0v) is 8.89. The van der Waals surface area contributed by atoms with Gasteiger partial charge in [0, 0.05) is 20.5 Å². The molecule has 0 radical (unpaired) electrons. The molecule has 0 aromatic rings. The predicted molar refractivity (Wildman–Crippen MR) is 54.6 cm³/mol. The Hall–Kier alpha value is -0.640. The number of hydrogen-bond acceptors (Lipinski definition) is 3. The highest BCUT2D eigenvalue weighted by molar-refractivity contribution is 7.80. The average Bonchev–Trinajstić information content (AvgIpc) is 2.47. The Bertz CT molecular complexity index is 216. The minimum absolute atomic E-state index is 0.0814. The monoisotopic (exact) mass is 201 g/mol. The first kappa shape index (κ1) is 10.4. The molecule has 0 aliphatic heterocycles. The summed E-state index contributed by atoms with van der Waals surface area (Å²) in [5.41, 5.74) is 0. The van der Waals surface area contributed by atoms with Crippen LogP contribution >= 0.6 is 12.2 Å². The zero-order valence-electron chi connectivity index (χ0n) is 8.08. The van der Waals surface area contributed by atoms with Crippen molar-refractivity contribution in [2.75, 3.05) is 20.7 Å². The van der Waals surface area contributed by atoms with E-state index in [1.54, 1.807) is 4.90 Å². The molecule has 0 saturated heterocycles. The predicted octanol–water partition coefficient (Wildman–Crippen LogP) is 1.22. The number of Topliss-reactive ketones (excluding diaryl/α,β-unsaturated/α-hetero) is 1. The van der Waals surface area contributed by atoms with E-state index in [1.165, 1.54) is 0 Å². The van der Waals surface area contributed by atoms with E-state index < -0.39 is 0 Å². The summed E-state index contributed by atoms with van der Waals surface area (Å²) in [7, 11) is 3.66. The molecule has 1 unspecified atom stereocenters. The molecule has 13 heavy (non-hydrogen) atoms. The fourth-order valence-electron chi connectivity index (χ4n) is 1.37. The molecule has 0 bridgehead atoms. The standard InChI is InChI=1S/C9H15NO2S/c1-10(2)9(13)12-6-7-4-3-5-8(7)11/h7H,3-6H2,1-2H3.